The highest BCUT2D eigenvalue weighted by Crippen LogP contribution is 2.36. The third-order valence-corrected chi connectivity index (χ3v) is 4.09. The van der Waals surface area contributed by atoms with Gasteiger partial charge in [-0.2, -0.15) is 13.2 Å². The first-order valence-corrected chi connectivity index (χ1v) is 8.26. The second kappa shape index (κ2) is 8.81. The molecule has 0 bridgehead atoms. The van der Waals surface area contributed by atoms with Crippen molar-refractivity contribution in [3.8, 4) is 5.75 Å². The largest absolute Gasteiger partial charge is 0.494 e. The molecule has 2 aromatic carbocycles. The number of alkyl halides is 3. The summed E-state index contributed by atoms with van der Waals surface area (Å²) >= 11 is 0. The van der Waals surface area contributed by atoms with E-state index in [1.54, 1.807) is 6.92 Å². The molecule has 2 rings (SSSR count). The predicted octanol–water partition coefficient (Wildman–Crippen LogP) is 5.81. The van der Waals surface area contributed by atoms with E-state index in [4.69, 9.17) is 9.47 Å². The van der Waals surface area contributed by atoms with Crippen molar-refractivity contribution in [3.05, 3.63) is 64.2 Å². The molecular weight excluding hydrogens is 393 g/mol. The number of hydrogen-bond donors (Lipinski definition) is 0. The Labute approximate surface area is 156 Å². The van der Waals surface area contributed by atoms with Gasteiger partial charge in [0.1, 0.15) is 11.7 Å². The van der Waals surface area contributed by atoms with Gasteiger partial charge in [0, 0.05) is 5.56 Å². The zero-order valence-corrected chi connectivity index (χ0v) is 15.0. The monoisotopic (exact) mass is 410 g/mol. The van der Waals surface area contributed by atoms with Crippen LogP contribution >= 0.6 is 0 Å². The molecule has 0 fully saturated rings. The zero-order valence-electron chi connectivity index (χ0n) is 15.0. The zero-order chi connectivity index (χ0) is 21.1. The lowest BCUT2D eigenvalue weighted by molar-refractivity contribution is -0.163. The molecule has 0 heterocycles. The lowest BCUT2D eigenvalue weighted by Gasteiger charge is -2.21. The molecule has 0 saturated heterocycles. The van der Waals surface area contributed by atoms with E-state index in [2.05, 4.69) is 0 Å². The summed E-state index contributed by atoms with van der Waals surface area (Å²) in [7, 11) is 0. The lowest BCUT2D eigenvalue weighted by atomic mass is 9.99. The van der Waals surface area contributed by atoms with Crippen molar-refractivity contribution >= 4 is 0 Å². The van der Waals surface area contributed by atoms with Crippen LogP contribution in [0.1, 0.15) is 29.5 Å². The van der Waals surface area contributed by atoms with Gasteiger partial charge in [-0.1, -0.05) is 12.1 Å². The molecule has 154 valence electrons. The quantitative estimate of drug-likeness (QED) is 0.424. The van der Waals surface area contributed by atoms with Crippen LogP contribution in [0.5, 0.6) is 5.75 Å². The van der Waals surface area contributed by atoms with Crippen LogP contribution in [-0.2, 0) is 11.3 Å². The average molecular weight is 410 g/mol. The molecule has 0 N–H and O–H groups in total. The number of benzene rings is 2. The SMILES string of the molecule is CCOc1ccc(C(COCc2c(F)c(F)c(C)c(F)c2F)C(F)(F)F)cc1. The van der Waals surface area contributed by atoms with Crippen molar-refractivity contribution in [3.63, 3.8) is 0 Å². The smallest absolute Gasteiger partial charge is 0.397 e. The first kappa shape index (κ1) is 22.0. The van der Waals surface area contributed by atoms with E-state index in [9.17, 15) is 30.7 Å². The van der Waals surface area contributed by atoms with Crippen LogP contribution in [0.3, 0.4) is 0 Å². The molecule has 9 heteroatoms. The summed E-state index contributed by atoms with van der Waals surface area (Å²) in [6.45, 7) is 0.844. The number of halogens is 7. The minimum Gasteiger partial charge on any atom is -0.494 e. The Morgan fingerprint density at radius 3 is 1.89 bits per heavy atom. The van der Waals surface area contributed by atoms with Crippen molar-refractivity contribution < 1.29 is 40.2 Å². The third-order valence-electron chi connectivity index (χ3n) is 4.09. The highest BCUT2D eigenvalue weighted by Gasteiger charge is 2.41. The molecule has 0 aliphatic heterocycles. The molecule has 0 aromatic heterocycles. The molecule has 2 aromatic rings. The molecule has 28 heavy (non-hydrogen) atoms. The Balaban J connectivity index is 2.18. The molecule has 0 spiro atoms. The van der Waals surface area contributed by atoms with E-state index < -0.39 is 59.7 Å². The Morgan fingerprint density at radius 2 is 1.43 bits per heavy atom. The molecule has 1 atom stereocenters. The van der Waals surface area contributed by atoms with Gasteiger partial charge in [0.2, 0.25) is 0 Å². The highest BCUT2D eigenvalue weighted by molar-refractivity contribution is 5.31. The van der Waals surface area contributed by atoms with E-state index in [0.29, 0.717) is 12.4 Å². The summed E-state index contributed by atoms with van der Waals surface area (Å²) in [5.41, 5.74) is -2.12. The fraction of sp³-hybridized carbons (Fsp3) is 0.368. The first-order chi connectivity index (χ1) is 13.1. The Bertz CT molecular complexity index is 788. The molecule has 2 nitrogen and oxygen atoms in total. The predicted molar refractivity (Wildman–Crippen MR) is 87.1 cm³/mol. The number of hydrogen-bond acceptors (Lipinski definition) is 2. The van der Waals surface area contributed by atoms with Crippen LogP contribution in [0, 0.1) is 30.2 Å². The van der Waals surface area contributed by atoms with Gasteiger partial charge in [-0.05, 0) is 31.5 Å². The standard InChI is InChI=1S/C19H17F7O2/c1-3-28-12-6-4-11(5-7-12)14(19(24,25)26)9-27-8-13-17(22)15(20)10(2)16(21)18(13)23/h4-7,14H,3,8-9H2,1-2H3. The first-order valence-electron chi connectivity index (χ1n) is 8.26. The maximum Gasteiger partial charge on any atom is 0.397 e. The van der Waals surface area contributed by atoms with Crippen molar-refractivity contribution in [2.45, 2.75) is 32.5 Å². The van der Waals surface area contributed by atoms with E-state index in [1.165, 1.54) is 24.3 Å². The van der Waals surface area contributed by atoms with Gasteiger partial charge in [-0.3, -0.25) is 0 Å². The molecule has 0 radical (unpaired) electrons. The maximum atomic E-state index is 13.8. The number of ether oxygens (including phenoxy) is 2. The van der Waals surface area contributed by atoms with Gasteiger partial charge >= 0.3 is 6.18 Å². The van der Waals surface area contributed by atoms with Crippen molar-refractivity contribution in [2.24, 2.45) is 0 Å². The summed E-state index contributed by atoms with van der Waals surface area (Å²) < 4.78 is 105. The van der Waals surface area contributed by atoms with Crippen LogP contribution in [-0.4, -0.2) is 19.4 Å². The maximum absolute atomic E-state index is 13.8. The molecule has 0 aliphatic carbocycles. The Kier molecular flexibility index (Phi) is 6.92. The second-order valence-electron chi connectivity index (χ2n) is 5.97. The van der Waals surface area contributed by atoms with Crippen LogP contribution in [0.25, 0.3) is 0 Å². The third kappa shape index (κ3) is 4.76. The molecular formula is C19H17F7O2. The summed E-state index contributed by atoms with van der Waals surface area (Å²) in [6, 6.07) is 5.08. The average Bonchev–Trinajstić information content (AvgIpc) is 2.64. The van der Waals surface area contributed by atoms with Gasteiger partial charge in [-0.15, -0.1) is 0 Å². The van der Waals surface area contributed by atoms with E-state index >= 15 is 0 Å². The van der Waals surface area contributed by atoms with Crippen molar-refractivity contribution in [1.82, 2.24) is 0 Å². The second-order valence-corrected chi connectivity index (χ2v) is 5.97. The van der Waals surface area contributed by atoms with E-state index in [0.717, 1.165) is 6.92 Å². The van der Waals surface area contributed by atoms with Crippen molar-refractivity contribution in [2.75, 3.05) is 13.2 Å². The Morgan fingerprint density at radius 1 is 0.893 bits per heavy atom. The molecule has 0 saturated carbocycles. The van der Waals surface area contributed by atoms with E-state index in [1.807, 2.05) is 0 Å². The van der Waals surface area contributed by atoms with Gasteiger partial charge in [0.05, 0.1) is 25.4 Å². The minimum atomic E-state index is -4.71. The van der Waals surface area contributed by atoms with Crippen LogP contribution in [0.2, 0.25) is 0 Å². The topological polar surface area (TPSA) is 18.5 Å². The van der Waals surface area contributed by atoms with Gasteiger partial charge < -0.3 is 9.47 Å². The lowest BCUT2D eigenvalue weighted by Crippen LogP contribution is -2.25. The fourth-order valence-corrected chi connectivity index (χ4v) is 2.54. The fourth-order valence-electron chi connectivity index (χ4n) is 2.54. The van der Waals surface area contributed by atoms with Crippen LogP contribution in [0.4, 0.5) is 30.7 Å². The summed E-state index contributed by atoms with van der Waals surface area (Å²) in [5.74, 6) is -8.34. The summed E-state index contributed by atoms with van der Waals surface area (Å²) in [5, 5.41) is 0. The van der Waals surface area contributed by atoms with Crippen LogP contribution < -0.4 is 4.74 Å². The van der Waals surface area contributed by atoms with Gasteiger partial charge in [-0.25, -0.2) is 17.6 Å². The van der Waals surface area contributed by atoms with Gasteiger partial charge in [0.15, 0.2) is 23.3 Å². The summed E-state index contributed by atoms with van der Waals surface area (Å²) in [4.78, 5) is 0. The Hall–Kier alpha value is -2.29. The highest BCUT2D eigenvalue weighted by atomic mass is 19.4. The molecule has 1 unspecified atom stereocenters. The minimum absolute atomic E-state index is 0.154. The normalized spacial score (nSPS) is 12.9. The van der Waals surface area contributed by atoms with E-state index in [-0.39, 0.29) is 5.56 Å². The molecule has 0 amide bonds. The molecule has 0 aliphatic rings. The van der Waals surface area contributed by atoms with Gasteiger partial charge in [0.25, 0.3) is 0 Å². The number of rotatable bonds is 7. The summed E-state index contributed by atoms with van der Waals surface area (Å²) in [6.07, 6.45) is -4.71. The van der Waals surface area contributed by atoms with Crippen LogP contribution in [0.15, 0.2) is 24.3 Å². The van der Waals surface area contributed by atoms with Crippen molar-refractivity contribution in [1.29, 1.82) is 0 Å².